The van der Waals surface area contributed by atoms with Crippen LogP contribution in [0.5, 0.6) is 5.75 Å². The minimum absolute atomic E-state index is 0.0959. The van der Waals surface area contributed by atoms with Gasteiger partial charge in [-0.05, 0) is 31.9 Å². The Labute approximate surface area is 124 Å². The Morgan fingerprint density at radius 2 is 2.10 bits per heavy atom. The molecule has 1 aliphatic rings. The molecule has 1 aromatic rings. The highest BCUT2D eigenvalue weighted by molar-refractivity contribution is 5.97. The van der Waals surface area contributed by atoms with Crippen LogP contribution in [0.3, 0.4) is 0 Å². The van der Waals surface area contributed by atoms with E-state index in [1.54, 1.807) is 31.1 Å². The first-order chi connectivity index (χ1) is 10.2. The lowest BCUT2D eigenvalue weighted by atomic mass is 9.97. The van der Waals surface area contributed by atoms with Crippen molar-refractivity contribution in [2.45, 2.75) is 19.8 Å². The highest BCUT2D eigenvalue weighted by Crippen LogP contribution is 2.24. The second-order valence-electron chi connectivity index (χ2n) is 5.04. The maximum atomic E-state index is 12.6. The van der Waals surface area contributed by atoms with Gasteiger partial charge < -0.3 is 14.4 Å². The average molecular weight is 291 g/mol. The van der Waals surface area contributed by atoms with Gasteiger partial charge >= 0.3 is 5.97 Å². The van der Waals surface area contributed by atoms with E-state index < -0.39 is 0 Å². The number of rotatable bonds is 4. The molecule has 0 spiro atoms. The molecule has 5 heteroatoms. The van der Waals surface area contributed by atoms with E-state index in [1.165, 1.54) is 0 Å². The van der Waals surface area contributed by atoms with Gasteiger partial charge in [-0.25, -0.2) is 0 Å². The lowest BCUT2D eigenvalue weighted by Gasteiger charge is -2.31. The molecule has 2 rings (SSSR count). The Morgan fingerprint density at radius 3 is 2.81 bits per heavy atom. The second kappa shape index (κ2) is 7.11. The van der Waals surface area contributed by atoms with Crippen molar-refractivity contribution in [3.63, 3.8) is 0 Å². The number of amides is 1. The summed E-state index contributed by atoms with van der Waals surface area (Å²) in [5, 5.41) is 0. The van der Waals surface area contributed by atoms with E-state index in [2.05, 4.69) is 0 Å². The van der Waals surface area contributed by atoms with Gasteiger partial charge in [0.05, 0.1) is 25.2 Å². The van der Waals surface area contributed by atoms with Crippen molar-refractivity contribution < 1.29 is 19.1 Å². The van der Waals surface area contributed by atoms with Crippen LogP contribution in [-0.4, -0.2) is 43.6 Å². The highest BCUT2D eigenvalue weighted by Gasteiger charge is 2.30. The summed E-state index contributed by atoms with van der Waals surface area (Å²) in [5.41, 5.74) is 0.532. The van der Waals surface area contributed by atoms with Gasteiger partial charge in [0.1, 0.15) is 5.75 Å². The molecule has 0 bridgehead atoms. The first kappa shape index (κ1) is 15.4. The van der Waals surface area contributed by atoms with Gasteiger partial charge in [-0.3, -0.25) is 9.59 Å². The van der Waals surface area contributed by atoms with Crippen LogP contribution >= 0.6 is 0 Å². The number of hydrogen-bond donors (Lipinski definition) is 0. The highest BCUT2D eigenvalue weighted by atomic mass is 16.5. The summed E-state index contributed by atoms with van der Waals surface area (Å²) >= 11 is 0. The van der Waals surface area contributed by atoms with Crippen LogP contribution in [0.25, 0.3) is 0 Å². The standard InChI is InChI=1S/C16H21NO4/c1-3-21-16(19)12-7-6-10-17(11-12)15(18)13-8-4-5-9-14(13)20-2/h4-5,8-9,12H,3,6-7,10-11H2,1-2H3/t12-/m1/s1. The summed E-state index contributed by atoms with van der Waals surface area (Å²) in [6.07, 6.45) is 1.58. The Kier molecular flexibility index (Phi) is 5.20. The van der Waals surface area contributed by atoms with Crippen LogP contribution in [0.15, 0.2) is 24.3 Å². The van der Waals surface area contributed by atoms with Crippen molar-refractivity contribution >= 4 is 11.9 Å². The molecule has 0 aliphatic carbocycles. The summed E-state index contributed by atoms with van der Waals surface area (Å²) in [4.78, 5) is 26.2. The Hall–Kier alpha value is -2.04. The third-order valence-electron chi connectivity index (χ3n) is 3.67. The maximum absolute atomic E-state index is 12.6. The molecule has 0 aromatic heterocycles. The van der Waals surface area contributed by atoms with Crippen LogP contribution in [-0.2, 0) is 9.53 Å². The molecule has 21 heavy (non-hydrogen) atoms. The number of carbonyl (C=O) groups is 2. The lowest BCUT2D eigenvalue weighted by Crippen LogP contribution is -2.42. The summed E-state index contributed by atoms with van der Waals surface area (Å²) in [6, 6.07) is 7.14. The minimum Gasteiger partial charge on any atom is -0.496 e. The van der Waals surface area contributed by atoms with Crippen molar-refractivity contribution in [1.29, 1.82) is 0 Å². The molecule has 0 saturated carbocycles. The topological polar surface area (TPSA) is 55.8 Å². The Morgan fingerprint density at radius 1 is 1.33 bits per heavy atom. The van der Waals surface area contributed by atoms with E-state index in [0.29, 0.717) is 31.0 Å². The maximum Gasteiger partial charge on any atom is 0.310 e. The fourth-order valence-electron chi connectivity index (χ4n) is 2.61. The Bertz CT molecular complexity index is 515. The molecule has 114 valence electrons. The molecule has 1 aromatic carbocycles. The van der Waals surface area contributed by atoms with Crippen LogP contribution in [0, 0.1) is 5.92 Å². The number of para-hydroxylation sites is 1. The van der Waals surface area contributed by atoms with Gasteiger partial charge in [0, 0.05) is 13.1 Å². The average Bonchev–Trinajstić information content (AvgIpc) is 2.54. The van der Waals surface area contributed by atoms with Crippen molar-refractivity contribution in [3.05, 3.63) is 29.8 Å². The monoisotopic (exact) mass is 291 g/mol. The smallest absolute Gasteiger partial charge is 0.310 e. The van der Waals surface area contributed by atoms with Gasteiger partial charge in [-0.1, -0.05) is 12.1 Å². The zero-order chi connectivity index (χ0) is 15.2. The number of piperidine rings is 1. The number of esters is 1. The molecule has 1 aliphatic heterocycles. The minimum atomic E-state index is -0.225. The SMILES string of the molecule is CCOC(=O)[C@@H]1CCCN(C(=O)c2ccccc2OC)C1. The van der Waals surface area contributed by atoms with Crippen molar-refractivity contribution in [2.24, 2.45) is 5.92 Å². The van der Waals surface area contributed by atoms with Gasteiger partial charge in [-0.2, -0.15) is 0 Å². The van der Waals surface area contributed by atoms with Crippen LogP contribution in [0.2, 0.25) is 0 Å². The molecule has 1 saturated heterocycles. The number of carbonyl (C=O) groups excluding carboxylic acids is 2. The van der Waals surface area contributed by atoms with Crippen molar-refractivity contribution in [2.75, 3.05) is 26.8 Å². The van der Waals surface area contributed by atoms with Gasteiger partial charge in [0.15, 0.2) is 0 Å². The predicted molar refractivity (Wildman–Crippen MR) is 78.3 cm³/mol. The molecule has 0 unspecified atom stereocenters. The molecule has 1 atom stereocenters. The molecular weight excluding hydrogens is 270 g/mol. The van der Waals surface area contributed by atoms with E-state index in [0.717, 1.165) is 12.8 Å². The Balaban J connectivity index is 2.10. The molecular formula is C16H21NO4. The largest absolute Gasteiger partial charge is 0.496 e. The number of ether oxygens (including phenoxy) is 2. The van der Waals surface area contributed by atoms with Gasteiger partial charge in [0.2, 0.25) is 0 Å². The first-order valence-corrected chi connectivity index (χ1v) is 7.26. The number of hydrogen-bond acceptors (Lipinski definition) is 4. The van der Waals surface area contributed by atoms with E-state index in [9.17, 15) is 9.59 Å². The van der Waals surface area contributed by atoms with Crippen molar-refractivity contribution in [3.8, 4) is 5.75 Å². The number of nitrogens with zero attached hydrogens (tertiary/aromatic N) is 1. The molecule has 0 N–H and O–H groups in total. The molecule has 1 fully saturated rings. The molecule has 1 amide bonds. The fourth-order valence-corrected chi connectivity index (χ4v) is 2.61. The zero-order valence-electron chi connectivity index (χ0n) is 12.5. The summed E-state index contributed by atoms with van der Waals surface area (Å²) < 4.78 is 10.3. The third-order valence-corrected chi connectivity index (χ3v) is 3.67. The van der Waals surface area contributed by atoms with E-state index in [1.807, 2.05) is 12.1 Å². The van der Waals surface area contributed by atoms with Crippen molar-refractivity contribution in [1.82, 2.24) is 4.90 Å². The van der Waals surface area contributed by atoms with Crippen LogP contribution < -0.4 is 4.74 Å². The van der Waals surface area contributed by atoms with Gasteiger partial charge in [-0.15, -0.1) is 0 Å². The first-order valence-electron chi connectivity index (χ1n) is 7.26. The van der Waals surface area contributed by atoms with E-state index in [-0.39, 0.29) is 17.8 Å². The summed E-state index contributed by atoms with van der Waals surface area (Å²) in [5.74, 6) is 0.0228. The fraction of sp³-hybridized carbons (Fsp3) is 0.500. The lowest BCUT2D eigenvalue weighted by molar-refractivity contribution is -0.149. The number of methoxy groups -OCH3 is 1. The zero-order valence-corrected chi connectivity index (χ0v) is 12.5. The molecule has 5 nitrogen and oxygen atoms in total. The summed E-state index contributed by atoms with van der Waals surface area (Å²) in [7, 11) is 1.55. The normalized spacial score (nSPS) is 18.2. The third kappa shape index (κ3) is 3.54. The van der Waals surface area contributed by atoms with E-state index >= 15 is 0 Å². The van der Waals surface area contributed by atoms with E-state index in [4.69, 9.17) is 9.47 Å². The number of likely N-dealkylation sites (tertiary alicyclic amines) is 1. The van der Waals surface area contributed by atoms with Crippen LogP contribution in [0.4, 0.5) is 0 Å². The summed E-state index contributed by atoms with van der Waals surface area (Å²) in [6.45, 7) is 3.23. The van der Waals surface area contributed by atoms with Crippen LogP contribution in [0.1, 0.15) is 30.1 Å². The second-order valence-corrected chi connectivity index (χ2v) is 5.04. The molecule has 0 radical (unpaired) electrons. The number of benzene rings is 1. The predicted octanol–water partition coefficient (Wildman–Crippen LogP) is 2.11. The van der Waals surface area contributed by atoms with Gasteiger partial charge in [0.25, 0.3) is 5.91 Å². The molecule has 1 heterocycles. The quantitative estimate of drug-likeness (QED) is 0.797.